The predicted molar refractivity (Wildman–Crippen MR) is 59.7 cm³/mol. The Morgan fingerprint density at radius 2 is 1.78 bits per heavy atom. The van der Waals surface area contributed by atoms with Gasteiger partial charge in [0.05, 0.1) is 5.69 Å². The van der Waals surface area contributed by atoms with Gasteiger partial charge >= 0.3 is 15.5 Å². The topological polar surface area (TPSA) is 37.4 Å². The predicted octanol–water partition coefficient (Wildman–Crippen LogP) is 2.39. The Bertz CT molecular complexity index is 605. The molecule has 1 aliphatic carbocycles. The fraction of sp³-hybridized carbons (Fsp3) is 0.455. The van der Waals surface area contributed by atoms with Crippen molar-refractivity contribution in [3.05, 3.63) is 29.8 Å². The number of hydrogen-bond donors (Lipinski definition) is 0. The van der Waals surface area contributed by atoms with Crippen LogP contribution in [-0.2, 0) is 15.4 Å². The monoisotopic (exact) mass is 277 g/mol. The first kappa shape index (κ1) is 11.8. The second-order valence-corrected chi connectivity index (χ2v) is 6.61. The summed E-state index contributed by atoms with van der Waals surface area (Å²) < 4.78 is 61.4. The van der Waals surface area contributed by atoms with Crippen LogP contribution in [0.1, 0.15) is 18.4 Å². The summed E-state index contributed by atoms with van der Waals surface area (Å²) in [5.74, 6) is 0. The number of anilines is 1. The highest BCUT2D eigenvalue weighted by Gasteiger charge is 2.59. The normalized spacial score (nSPS) is 21.2. The Hall–Kier alpha value is -1.24. The van der Waals surface area contributed by atoms with E-state index in [9.17, 15) is 21.6 Å². The van der Waals surface area contributed by atoms with Gasteiger partial charge in [-0.15, -0.1) is 0 Å². The number of para-hydroxylation sites is 1. The van der Waals surface area contributed by atoms with Crippen molar-refractivity contribution in [2.45, 2.75) is 23.8 Å². The van der Waals surface area contributed by atoms with E-state index in [1.54, 1.807) is 18.2 Å². The van der Waals surface area contributed by atoms with Crippen LogP contribution in [0.15, 0.2) is 24.3 Å². The van der Waals surface area contributed by atoms with Gasteiger partial charge in [-0.05, 0) is 24.5 Å². The van der Waals surface area contributed by atoms with Gasteiger partial charge in [0.2, 0.25) is 0 Å². The molecule has 1 aliphatic heterocycles. The summed E-state index contributed by atoms with van der Waals surface area (Å²) in [6, 6.07) is 6.43. The number of alkyl halides is 3. The smallest absolute Gasteiger partial charge is 0.262 e. The number of nitrogens with zero attached hydrogens (tertiary/aromatic N) is 1. The second-order valence-electron chi connectivity index (χ2n) is 4.75. The molecule has 0 saturated heterocycles. The molecule has 1 spiro atoms. The highest BCUT2D eigenvalue weighted by Crippen LogP contribution is 2.57. The summed E-state index contributed by atoms with van der Waals surface area (Å²) in [6.45, 7) is -0.0891. The third-order valence-corrected chi connectivity index (χ3v) is 5.12. The third kappa shape index (κ3) is 1.39. The molecule has 0 amide bonds. The van der Waals surface area contributed by atoms with Crippen molar-refractivity contribution in [3.63, 3.8) is 0 Å². The number of rotatable bonds is 1. The number of sulfonamides is 1. The van der Waals surface area contributed by atoms with Crippen molar-refractivity contribution in [1.29, 1.82) is 0 Å². The van der Waals surface area contributed by atoms with E-state index in [-0.39, 0.29) is 17.6 Å². The van der Waals surface area contributed by atoms with E-state index in [1.165, 1.54) is 6.07 Å². The Morgan fingerprint density at radius 1 is 1.17 bits per heavy atom. The average molecular weight is 277 g/mol. The lowest BCUT2D eigenvalue weighted by Crippen LogP contribution is -2.40. The first-order valence-corrected chi connectivity index (χ1v) is 6.90. The van der Waals surface area contributed by atoms with E-state index >= 15 is 0 Å². The van der Waals surface area contributed by atoms with E-state index in [0.717, 1.165) is 18.4 Å². The highest BCUT2D eigenvalue weighted by atomic mass is 32.2. The number of hydrogen-bond acceptors (Lipinski definition) is 2. The maximum absolute atomic E-state index is 12.6. The van der Waals surface area contributed by atoms with Crippen molar-refractivity contribution in [1.82, 2.24) is 0 Å². The molecule has 18 heavy (non-hydrogen) atoms. The van der Waals surface area contributed by atoms with Crippen molar-refractivity contribution in [2.24, 2.45) is 0 Å². The van der Waals surface area contributed by atoms with Crippen LogP contribution in [0.2, 0.25) is 0 Å². The minimum absolute atomic E-state index is 0.0891. The fourth-order valence-electron chi connectivity index (χ4n) is 2.50. The van der Waals surface area contributed by atoms with Gasteiger partial charge in [-0.25, -0.2) is 0 Å². The first-order chi connectivity index (χ1) is 8.28. The molecule has 7 heteroatoms. The van der Waals surface area contributed by atoms with Crippen molar-refractivity contribution in [3.8, 4) is 0 Å². The molecular weight excluding hydrogens is 267 g/mol. The first-order valence-electron chi connectivity index (χ1n) is 5.46. The molecule has 0 unspecified atom stereocenters. The lowest BCUT2D eigenvalue weighted by atomic mass is 9.99. The summed E-state index contributed by atoms with van der Waals surface area (Å²) in [5, 5.41) is 0. The lowest BCUT2D eigenvalue weighted by molar-refractivity contribution is -0.0438. The van der Waals surface area contributed by atoms with Gasteiger partial charge in [0.1, 0.15) is 0 Å². The molecule has 2 aliphatic rings. The van der Waals surface area contributed by atoms with Gasteiger partial charge in [0.15, 0.2) is 0 Å². The molecule has 0 aromatic heterocycles. The van der Waals surface area contributed by atoms with Crippen LogP contribution >= 0.6 is 0 Å². The summed E-state index contributed by atoms with van der Waals surface area (Å²) >= 11 is 0. The van der Waals surface area contributed by atoms with E-state index in [2.05, 4.69) is 0 Å². The molecule has 0 N–H and O–H groups in total. The molecule has 0 bridgehead atoms. The fourth-order valence-corrected chi connectivity index (χ4v) is 3.59. The number of fused-ring (bicyclic) bond motifs is 2. The molecule has 1 heterocycles. The average Bonchev–Trinajstić information content (AvgIpc) is 2.96. The Morgan fingerprint density at radius 3 is 2.33 bits per heavy atom. The molecule has 3 nitrogen and oxygen atoms in total. The van der Waals surface area contributed by atoms with Gasteiger partial charge < -0.3 is 0 Å². The van der Waals surface area contributed by atoms with Crippen molar-refractivity contribution < 1.29 is 21.6 Å². The molecule has 98 valence electrons. The number of benzene rings is 1. The molecule has 1 fully saturated rings. The summed E-state index contributed by atoms with van der Waals surface area (Å²) in [7, 11) is -5.29. The van der Waals surface area contributed by atoms with Gasteiger partial charge in [-0.3, -0.25) is 4.31 Å². The van der Waals surface area contributed by atoms with Crippen LogP contribution in [0.25, 0.3) is 0 Å². The molecular formula is C11H10F3NO2S. The molecule has 1 aromatic rings. The number of halogens is 3. The highest BCUT2D eigenvalue weighted by molar-refractivity contribution is 7.93. The standard InChI is InChI=1S/C11H10F3NO2S/c12-11(13,14)18(16,17)15-7-10(5-6-10)8-3-1-2-4-9(8)15/h1-4H,5-7H2. The van der Waals surface area contributed by atoms with Crippen molar-refractivity contribution >= 4 is 15.7 Å². The zero-order valence-corrected chi connectivity index (χ0v) is 10.1. The van der Waals surface area contributed by atoms with Crippen LogP contribution in [0.3, 0.4) is 0 Å². The molecule has 1 aromatic carbocycles. The SMILES string of the molecule is O=S(=O)(N1CC2(CC2)c2ccccc21)C(F)(F)F. The summed E-state index contributed by atoms with van der Waals surface area (Å²) in [5.41, 5.74) is -4.74. The molecule has 0 radical (unpaired) electrons. The largest absolute Gasteiger partial charge is 0.516 e. The van der Waals surface area contributed by atoms with Crippen LogP contribution in [-0.4, -0.2) is 20.5 Å². The molecule has 1 saturated carbocycles. The van der Waals surface area contributed by atoms with Crippen LogP contribution in [0, 0.1) is 0 Å². The molecule has 3 rings (SSSR count). The van der Waals surface area contributed by atoms with Gasteiger partial charge in [-0.1, -0.05) is 18.2 Å². The molecule has 0 atom stereocenters. The van der Waals surface area contributed by atoms with E-state index < -0.39 is 15.5 Å². The van der Waals surface area contributed by atoms with E-state index in [0.29, 0.717) is 4.31 Å². The maximum atomic E-state index is 12.6. The summed E-state index contributed by atoms with van der Waals surface area (Å²) in [4.78, 5) is 0. The zero-order chi connectivity index (χ0) is 13.2. The van der Waals surface area contributed by atoms with Crippen molar-refractivity contribution in [2.75, 3.05) is 10.8 Å². The van der Waals surface area contributed by atoms with E-state index in [1.807, 2.05) is 0 Å². The third-order valence-electron chi connectivity index (χ3n) is 3.63. The van der Waals surface area contributed by atoms with Crippen LogP contribution < -0.4 is 4.31 Å². The van der Waals surface area contributed by atoms with E-state index in [4.69, 9.17) is 0 Å². The van der Waals surface area contributed by atoms with Crippen LogP contribution in [0.4, 0.5) is 18.9 Å². The zero-order valence-electron chi connectivity index (χ0n) is 9.24. The van der Waals surface area contributed by atoms with Gasteiger partial charge in [-0.2, -0.15) is 21.6 Å². The Labute approximate surface area is 102 Å². The van der Waals surface area contributed by atoms with Crippen LogP contribution in [0.5, 0.6) is 0 Å². The van der Waals surface area contributed by atoms with Gasteiger partial charge in [0, 0.05) is 12.0 Å². The summed E-state index contributed by atoms with van der Waals surface area (Å²) in [6.07, 6.45) is 1.49. The maximum Gasteiger partial charge on any atom is 0.516 e. The van der Waals surface area contributed by atoms with Gasteiger partial charge in [0.25, 0.3) is 0 Å². The Balaban J connectivity index is 2.13. The quantitative estimate of drug-likeness (QED) is 0.790. The second kappa shape index (κ2) is 3.20. The lowest BCUT2D eigenvalue weighted by Gasteiger charge is -2.21. The minimum Gasteiger partial charge on any atom is -0.262 e. The Kier molecular flexibility index (Phi) is 2.10. The minimum atomic E-state index is -5.29.